The van der Waals surface area contributed by atoms with E-state index in [1.807, 2.05) is 0 Å². The third-order valence-corrected chi connectivity index (χ3v) is 13.5. The van der Waals surface area contributed by atoms with Gasteiger partial charge in [-0.25, -0.2) is 19.2 Å². The summed E-state index contributed by atoms with van der Waals surface area (Å²) in [6, 6.07) is 0. The molecule has 0 N–H and O–H groups in total. The van der Waals surface area contributed by atoms with Crippen molar-refractivity contribution >= 4 is 39.9 Å². The molecule has 0 radical (unpaired) electrons. The van der Waals surface area contributed by atoms with Crippen molar-refractivity contribution in [1.29, 1.82) is 0 Å². The number of hydrogen-bond donors (Lipinski definition) is 0. The number of carbonyl (C=O) groups excluding carboxylic acids is 4. The zero-order valence-electron chi connectivity index (χ0n) is 33.7. The molecule has 14 nitrogen and oxygen atoms in total. The van der Waals surface area contributed by atoms with Crippen molar-refractivity contribution in [2.75, 3.05) is 12.3 Å². The van der Waals surface area contributed by atoms with E-state index in [2.05, 4.69) is 0 Å². The Morgan fingerprint density at radius 1 is 0.429 bits per heavy atom. The predicted molar refractivity (Wildman–Crippen MR) is 209 cm³/mol. The Hall–Kier alpha value is -1.82. The predicted octanol–water partition coefficient (Wildman–Crippen LogP) is 8.50. The number of rotatable bonds is 23. The molecule has 6 unspecified atom stereocenters. The maximum atomic E-state index is 13.1. The highest BCUT2D eigenvalue weighted by atomic mass is 31.1. The molecule has 4 aliphatic carbocycles. The van der Waals surface area contributed by atoms with Gasteiger partial charge in [-0.1, -0.05) is 38.5 Å². The van der Waals surface area contributed by atoms with E-state index in [4.69, 9.17) is 37.5 Å². The van der Waals surface area contributed by atoms with E-state index in [0.29, 0.717) is 25.7 Å². The number of esters is 4. The molecule has 0 aliphatic heterocycles. The van der Waals surface area contributed by atoms with Gasteiger partial charge < -0.3 is 28.4 Å². The van der Waals surface area contributed by atoms with Crippen LogP contribution in [-0.2, 0) is 65.8 Å². The fourth-order valence-electron chi connectivity index (χ4n) is 7.69. The van der Waals surface area contributed by atoms with Gasteiger partial charge in [0.15, 0.2) is 28.3 Å². The summed E-state index contributed by atoms with van der Waals surface area (Å²) in [5.74, 6) is -2.77. The summed E-state index contributed by atoms with van der Waals surface area (Å²) in [5, 5.41) is 0. The van der Waals surface area contributed by atoms with Crippen LogP contribution in [0.15, 0.2) is 0 Å². The molecular weight excluding hydrogens is 766 g/mol. The number of ether oxygens (including phenoxy) is 6. The van der Waals surface area contributed by atoms with E-state index >= 15 is 0 Å². The van der Waals surface area contributed by atoms with Crippen LogP contribution in [0.2, 0.25) is 0 Å². The first-order valence-electron chi connectivity index (χ1n) is 21.6. The smallest absolute Gasteiger partial charge is 0.364 e. The van der Waals surface area contributed by atoms with Gasteiger partial charge in [0.2, 0.25) is 0 Å². The summed E-state index contributed by atoms with van der Waals surface area (Å²) < 4.78 is 71.2. The minimum Gasteiger partial charge on any atom is -0.460 e. The van der Waals surface area contributed by atoms with Gasteiger partial charge in [-0.15, -0.1) is 0 Å². The zero-order chi connectivity index (χ0) is 40.1. The SMILES string of the molecule is CC(OC(O[PH](=O)CCCCCC[PH](=O)OC(OC(C)C(=O)OC1CCCCC1)C(=O)OC1CCCCC1)C(=O)OC1CCCCC1)C(=O)OC1CCCCC1. The van der Waals surface area contributed by atoms with E-state index in [-0.39, 0.29) is 36.7 Å². The first-order valence-corrected chi connectivity index (χ1v) is 24.6. The lowest BCUT2D eigenvalue weighted by atomic mass is 9.98. The number of carbonyl (C=O) groups is 4. The molecule has 4 saturated carbocycles. The maximum absolute atomic E-state index is 13.1. The zero-order valence-corrected chi connectivity index (χ0v) is 35.7. The molecule has 0 aromatic carbocycles. The minimum absolute atomic E-state index is 0.172. The van der Waals surface area contributed by atoms with Crippen molar-refractivity contribution in [3.63, 3.8) is 0 Å². The van der Waals surface area contributed by atoms with Crippen LogP contribution in [0.3, 0.4) is 0 Å². The molecule has 0 bridgehead atoms. The van der Waals surface area contributed by atoms with E-state index < -0.39 is 64.7 Å². The molecule has 4 rings (SSSR count). The largest absolute Gasteiger partial charge is 0.460 e. The summed E-state index contributed by atoms with van der Waals surface area (Å²) >= 11 is 0. The molecule has 6 atom stereocenters. The summed E-state index contributed by atoms with van der Waals surface area (Å²) in [7, 11) is -5.50. The van der Waals surface area contributed by atoms with Gasteiger partial charge in [0.25, 0.3) is 12.6 Å². The fraction of sp³-hybridized carbons (Fsp3) is 0.900. The second-order valence-corrected chi connectivity index (χ2v) is 18.9. The van der Waals surface area contributed by atoms with Crippen LogP contribution >= 0.6 is 16.1 Å². The van der Waals surface area contributed by atoms with Crippen LogP contribution in [-0.4, -0.2) is 85.4 Å². The van der Waals surface area contributed by atoms with E-state index in [9.17, 15) is 28.3 Å². The highest BCUT2D eigenvalue weighted by Crippen LogP contribution is 2.32. The number of unbranched alkanes of at least 4 members (excludes halogenated alkanes) is 3. The topological polar surface area (TPSA) is 176 Å². The van der Waals surface area contributed by atoms with Crippen molar-refractivity contribution in [1.82, 2.24) is 0 Å². The minimum atomic E-state index is -2.75. The first-order chi connectivity index (χ1) is 27.1. The highest BCUT2D eigenvalue weighted by molar-refractivity contribution is 7.39. The Kier molecular flexibility index (Phi) is 22.0. The second kappa shape index (κ2) is 26.3. The second-order valence-electron chi connectivity index (χ2n) is 15.9. The van der Waals surface area contributed by atoms with Crippen LogP contribution in [0.25, 0.3) is 0 Å². The summed E-state index contributed by atoms with van der Waals surface area (Å²) in [4.78, 5) is 51.8. The van der Waals surface area contributed by atoms with Gasteiger partial charge in [0.1, 0.15) is 24.4 Å². The molecule has 4 aliphatic rings. The third kappa shape index (κ3) is 18.0. The summed E-state index contributed by atoms with van der Waals surface area (Å²) in [5.41, 5.74) is 0. The molecule has 0 amide bonds. The van der Waals surface area contributed by atoms with Gasteiger partial charge in [0.05, 0.1) is 0 Å². The van der Waals surface area contributed by atoms with Crippen molar-refractivity contribution in [3.05, 3.63) is 0 Å². The lowest BCUT2D eigenvalue weighted by molar-refractivity contribution is -0.199. The summed E-state index contributed by atoms with van der Waals surface area (Å²) in [6.45, 7) is 2.98. The number of hydrogen-bond acceptors (Lipinski definition) is 14. The molecular formula is C40H68O14P2. The molecule has 56 heavy (non-hydrogen) atoms. The Morgan fingerprint density at radius 3 is 0.982 bits per heavy atom. The average Bonchev–Trinajstić information content (AvgIpc) is 3.20. The standard InChI is InChI=1S/C40H68O14P2/c1-29(35(41)49-31-19-9-5-10-20-31)47-39(37(43)51-33-23-13-7-14-24-33)53-55(45)27-17-3-4-18-28-56(46)54-40(38(44)52-34-25-15-8-16-26-34)48-30(2)36(42)50-32-21-11-6-12-22-32/h29-34,39-40,55-56H,3-28H2,1-2H3. The lowest BCUT2D eigenvalue weighted by Gasteiger charge is -2.27. The quantitative estimate of drug-likeness (QED) is 0.0315. The van der Waals surface area contributed by atoms with Crippen LogP contribution in [0.5, 0.6) is 0 Å². The van der Waals surface area contributed by atoms with E-state index in [0.717, 1.165) is 128 Å². The van der Waals surface area contributed by atoms with Crippen LogP contribution in [0.4, 0.5) is 0 Å². The van der Waals surface area contributed by atoms with Crippen molar-refractivity contribution in [3.8, 4) is 0 Å². The van der Waals surface area contributed by atoms with Crippen molar-refractivity contribution in [2.45, 2.75) is 217 Å². The average molecular weight is 835 g/mol. The Morgan fingerprint density at radius 2 is 0.696 bits per heavy atom. The Labute approximate surface area is 334 Å². The monoisotopic (exact) mass is 834 g/mol. The van der Waals surface area contributed by atoms with Gasteiger partial charge in [-0.2, -0.15) is 0 Å². The maximum Gasteiger partial charge on any atom is 0.364 e. The van der Waals surface area contributed by atoms with Crippen molar-refractivity contribution < 1.29 is 65.8 Å². The van der Waals surface area contributed by atoms with E-state index in [1.165, 1.54) is 13.8 Å². The molecule has 0 spiro atoms. The molecule has 4 fully saturated rings. The van der Waals surface area contributed by atoms with Crippen molar-refractivity contribution in [2.24, 2.45) is 0 Å². The fourth-order valence-corrected chi connectivity index (χ4v) is 9.78. The Bertz CT molecular complexity index is 1150. The van der Waals surface area contributed by atoms with Gasteiger partial charge in [-0.05, 0) is 129 Å². The highest BCUT2D eigenvalue weighted by Gasteiger charge is 2.34. The third-order valence-electron chi connectivity index (χ3n) is 11.0. The summed E-state index contributed by atoms with van der Waals surface area (Å²) in [6.07, 6.45) is 14.5. The first kappa shape index (κ1) is 46.9. The molecule has 0 aromatic rings. The molecule has 16 heteroatoms. The van der Waals surface area contributed by atoms with Crippen LogP contribution in [0.1, 0.15) is 168 Å². The van der Waals surface area contributed by atoms with Crippen LogP contribution in [0, 0.1) is 0 Å². The molecule has 0 heterocycles. The van der Waals surface area contributed by atoms with Gasteiger partial charge in [-0.3, -0.25) is 18.2 Å². The Balaban J connectivity index is 1.19. The van der Waals surface area contributed by atoms with Gasteiger partial charge >= 0.3 is 23.9 Å². The van der Waals surface area contributed by atoms with Crippen LogP contribution < -0.4 is 0 Å². The lowest BCUT2D eigenvalue weighted by Crippen LogP contribution is -2.38. The molecule has 0 aromatic heterocycles. The normalized spacial score (nSPS) is 22.5. The van der Waals surface area contributed by atoms with Gasteiger partial charge in [0, 0.05) is 12.3 Å². The van der Waals surface area contributed by atoms with E-state index in [1.54, 1.807) is 0 Å². The molecule has 0 saturated heterocycles. The molecule has 322 valence electrons.